The second-order valence-corrected chi connectivity index (χ2v) is 9.62. The summed E-state index contributed by atoms with van der Waals surface area (Å²) < 4.78 is 52.1. The number of piperidine rings is 1. The van der Waals surface area contributed by atoms with Gasteiger partial charge in [0.05, 0.1) is 12.5 Å². The number of hydrogen-bond acceptors (Lipinski definition) is 8. The van der Waals surface area contributed by atoms with Crippen LogP contribution in [0.2, 0.25) is 0 Å². The van der Waals surface area contributed by atoms with Crippen molar-refractivity contribution < 1.29 is 37.1 Å². The number of aliphatic hydroxyl groups excluding tert-OH is 1. The van der Waals surface area contributed by atoms with E-state index in [-0.39, 0.29) is 23.6 Å². The molecule has 192 valence electrons. The molecule has 3 heterocycles. The average Bonchev–Trinajstić information content (AvgIpc) is 3.31. The SMILES string of the molecule is COCCc1noc(C2CC(c3ccc(OC(F)(F)F)cc3)CN(C(=O)N3CCSCC3O)C2)n1. The number of benzene rings is 1. The van der Waals surface area contributed by atoms with E-state index in [1.807, 2.05) is 0 Å². The molecule has 1 N–H and O–H groups in total. The average molecular weight is 517 g/mol. The molecule has 2 aliphatic rings. The molecule has 2 saturated heterocycles. The van der Waals surface area contributed by atoms with Crippen LogP contribution in [0.25, 0.3) is 0 Å². The molecule has 1 aromatic heterocycles. The molecule has 0 bridgehead atoms. The molecule has 3 unspecified atom stereocenters. The minimum absolute atomic E-state index is 0.191. The number of halogens is 3. The molecule has 13 heteroatoms. The van der Waals surface area contributed by atoms with Gasteiger partial charge in [0.2, 0.25) is 5.89 Å². The fraction of sp³-hybridized carbons (Fsp3) is 0.591. The molecule has 4 rings (SSSR count). The largest absolute Gasteiger partial charge is 0.573 e. The molecule has 0 radical (unpaired) electrons. The van der Waals surface area contributed by atoms with E-state index < -0.39 is 12.6 Å². The van der Waals surface area contributed by atoms with Crippen LogP contribution in [-0.4, -0.2) is 88.5 Å². The molecule has 9 nitrogen and oxygen atoms in total. The Morgan fingerprint density at radius 2 is 2.00 bits per heavy atom. The highest BCUT2D eigenvalue weighted by molar-refractivity contribution is 7.99. The van der Waals surface area contributed by atoms with Gasteiger partial charge in [-0.3, -0.25) is 4.90 Å². The van der Waals surface area contributed by atoms with E-state index in [9.17, 15) is 23.1 Å². The molecule has 35 heavy (non-hydrogen) atoms. The van der Waals surface area contributed by atoms with E-state index >= 15 is 0 Å². The summed E-state index contributed by atoms with van der Waals surface area (Å²) in [7, 11) is 1.58. The number of carbonyl (C=O) groups is 1. The third-order valence-corrected chi connectivity index (χ3v) is 7.02. The number of aromatic nitrogens is 2. The van der Waals surface area contributed by atoms with Crippen LogP contribution in [0, 0.1) is 0 Å². The number of nitrogens with zero attached hydrogens (tertiary/aromatic N) is 4. The molecule has 0 aliphatic carbocycles. The van der Waals surface area contributed by atoms with E-state index in [1.54, 1.807) is 35.9 Å². The molecule has 3 atom stereocenters. The Balaban J connectivity index is 1.55. The number of ether oxygens (including phenoxy) is 2. The first-order valence-corrected chi connectivity index (χ1v) is 12.4. The van der Waals surface area contributed by atoms with Crippen molar-refractivity contribution in [2.75, 3.05) is 44.9 Å². The number of amides is 2. The first-order valence-electron chi connectivity index (χ1n) is 11.2. The Morgan fingerprint density at radius 1 is 1.26 bits per heavy atom. The van der Waals surface area contributed by atoms with Gasteiger partial charge in [-0.1, -0.05) is 17.3 Å². The summed E-state index contributed by atoms with van der Waals surface area (Å²) in [5.41, 5.74) is 0.760. The second kappa shape index (κ2) is 11.0. The minimum Gasteiger partial charge on any atom is -0.406 e. The summed E-state index contributed by atoms with van der Waals surface area (Å²) in [6.07, 6.45) is -4.60. The third kappa shape index (κ3) is 6.58. The van der Waals surface area contributed by atoms with Gasteiger partial charge in [0, 0.05) is 50.6 Å². The minimum atomic E-state index is -4.77. The van der Waals surface area contributed by atoms with Crippen molar-refractivity contribution in [1.82, 2.24) is 19.9 Å². The summed E-state index contributed by atoms with van der Waals surface area (Å²) in [5, 5.41) is 14.3. The smallest absolute Gasteiger partial charge is 0.406 e. The maximum Gasteiger partial charge on any atom is 0.573 e. The van der Waals surface area contributed by atoms with Gasteiger partial charge in [-0.15, -0.1) is 13.2 Å². The van der Waals surface area contributed by atoms with Crippen LogP contribution in [0.1, 0.15) is 35.5 Å². The monoisotopic (exact) mass is 516 g/mol. The van der Waals surface area contributed by atoms with Crippen molar-refractivity contribution in [2.24, 2.45) is 0 Å². The van der Waals surface area contributed by atoms with Gasteiger partial charge in [0.1, 0.15) is 12.0 Å². The van der Waals surface area contributed by atoms with Gasteiger partial charge in [-0.25, -0.2) is 4.79 Å². The first-order chi connectivity index (χ1) is 16.7. The summed E-state index contributed by atoms with van der Waals surface area (Å²) in [5.74, 6) is 1.29. The van der Waals surface area contributed by atoms with Gasteiger partial charge < -0.3 is 24.0 Å². The number of hydrogen-bond donors (Lipinski definition) is 1. The van der Waals surface area contributed by atoms with Crippen LogP contribution >= 0.6 is 11.8 Å². The van der Waals surface area contributed by atoms with Crippen molar-refractivity contribution in [3.05, 3.63) is 41.5 Å². The van der Waals surface area contributed by atoms with Crippen LogP contribution in [0.5, 0.6) is 5.75 Å². The molecule has 1 aromatic carbocycles. The summed E-state index contributed by atoms with van der Waals surface area (Å²) in [6, 6.07) is 5.38. The lowest BCUT2D eigenvalue weighted by Gasteiger charge is -2.41. The second-order valence-electron chi connectivity index (χ2n) is 8.47. The third-order valence-electron chi connectivity index (χ3n) is 6.02. The van der Waals surface area contributed by atoms with Crippen LogP contribution < -0.4 is 4.74 Å². The van der Waals surface area contributed by atoms with E-state index in [2.05, 4.69) is 14.9 Å². The van der Waals surface area contributed by atoms with Crippen LogP contribution in [0.15, 0.2) is 28.8 Å². The number of aliphatic hydroxyl groups is 1. The van der Waals surface area contributed by atoms with Crippen molar-refractivity contribution in [3.8, 4) is 5.75 Å². The molecular formula is C22H27F3N4O5S. The molecule has 2 fully saturated rings. The number of likely N-dealkylation sites (tertiary alicyclic amines) is 1. The fourth-order valence-electron chi connectivity index (χ4n) is 4.34. The zero-order valence-electron chi connectivity index (χ0n) is 19.1. The molecule has 2 amide bonds. The topological polar surface area (TPSA) is 101 Å². The predicted molar refractivity (Wildman–Crippen MR) is 120 cm³/mol. The molecule has 2 aliphatic heterocycles. The lowest BCUT2D eigenvalue weighted by Crippen LogP contribution is -2.54. The van der Waals surface area contributed by atoms with E-state index in [0.29, 0.717) is 56.6 Å². The lowest BCUT2D eigenvalue weighted by molar-refractivity contribution is -0.274. The maximum absolute atomic E-state index is 13.3. The number of thioether (sulfide) groups is 1. The highest BCUT2D eigenvalue weighted by Crippen LogP contribution is 2.37. The number of alkyl halides is 3. The van der Waals surface area contributed by atoms with Crippen molar-refractivity contribution in [2.45, 2.75) is 37.3 Å². The van der Waals surface area contributed by atoms with Gasteiger partial charge >= 0.3 is 12.4 Å². The Bertz CT molecular complexity index is 990. The normalized spacial score (nSPS) is 23.4. The zero-order valence-corrected chi connectivity index (χ0v) is 19.9. The van der Waals surface area contributed by atoms with Gasteiger partial charge in [0.25, 0.3) is 0 Å². The fourth-order valence-corrected chi connectivity index (χ4v) is 5.22. The van der Waals surface area contributed by atoms with Gasteiger partial charge in [-0.2, -0.15) is 16.7 Å². The first kappa shape index (κ1) is 25.6. The maximum atomic E-state index is 13.3. The van der Waals surface area contributed by atoms with Crippen molar-refractivity contribution >= 4 is 17.8 Å². The van der Waals surface area contributed by atoms with Crippen LogP contribution in [-0.2, 0) is 11.2 Å². The highest BCUT2D eigenvalue weighted by Gasteiger charge is 2.38. The molecule has 0 spiro atoms. The quantitative estimate of drug-likeness (QED) is 0.625. The van der Waals surface area contributed by atoms with Crippen molar-refractivity contribution in [3.63, 3.8) is 0 Å². The lowest BCUT2D eigenvalue weighted by atomic mass is 9.84. The molecule has 0 saturated carbocycles. The Morgan fingerprint density at radius 3 is 2.69 bits per heavy atom. The predicted octanol–water partition coefficient (Wildman–Crippen LogP) is 3.22. The Kier molecular flexibility index (Phi) is 8.07. The van der Waals surface area contributed by atoms with Crippen LogP contribution in [0.4, 0.5) is 18.0 Å². The Labute approximate surface area is 204 Å². The zero-order chi connectivity index (χ0) is 25.0. The van der Waals surface area contributed by atoms with Gasteiger partial charge in [-0.05, 0) is 24.1 Å². The van der Waals surface area contributed by atoms with E-state index in [1.165, 1.54) is 17.0 Å². The van der Waals surface area contributed by atoms with E-state index in [4.69, 9.17) is 9.26 Å². The Hall–Kier alpha value is -2.51. The summed E-state index contributed by atoms with van der Waals surface area (Å²) in [4.78, 5) is 20.9. The molecule has 2 aromatic rings. The van der Waals surface area contributed by atoms with Crippen molar-refractivity contribution in [1.29, 1.82) is 0 Å². The number of methoxy groups -OCH3 is 1. The van der Waals surface area contributed by atoms with Gasteiger partial charge in [0.15, 0.2) is 5.82 Å². The standard InChI is InChI=1S/C22H27F3N4O5S/c1-32-8-6-18-26-20(34-27-18)16-10-15(14-2-4-17(5-3-14)33-22(23,24)25)11-28(12-16)21(31)29-7-9-35-13-19(29)30/h2-5,15-16,19,30H,6-13H2,1H3. The molecular weight excluding hydrogens is 489 g/mol. The highest BCUT2D eigenvalue weighted by atomic mass is 32.2. The van der Waals surface area contributed by atoms with E-state index in [0.717, 1.165) is 11.3 Å². The van der Waals surface area contributed by atoms with Crippen LogP contribution in [0.3, 0.4) is 0 Å². The number of rotatable bonds is 6. The number of urea groups is 1. The number of carbonyl (C=O) groups excluding carboxylic acids is 1. The summed E-state index contributed by atoms with van der Waals surface area (Å²) >= 11 is 1.58. The summed E-state index contributed by atoms with van der Waals surface area (Å²) in [6.45, 7) is 1.54.